The van der Waals surface area contributed by atoms with Crippen LogP contribution in [0, 0.1) is 5.41 Å². The molecule has 1 saturated carbocycles. The Labute approximate surface area is 223 Å². The van der Waals surface area contributed by atoms with E-state index in [0.29, 0.717) is 12.3 Å². The Balaban J connectivity index is 1.67. The van der Waals surface area contributed by atoms with E-state index >= 15 is 0 Å². The third kappa shape index (κ3) is 7.27. The maximum Gasteiger partial charge on any atom is 0.420 e. The number of halogens is 3. The fourth-order valence-corrected chi connectivity index (χ4v) is 4.32. The Hall–Kier alpha value is -4.09. The van der Waals surface area contributed by atoms with Crippen molar-refractivity contribution in [3.63, 3.8) is 0 Å². The molecule has 39 heavy (non-hydrogen) atoms. The van der Waals surface area contributed by atoms with E-state index in [2.05, 4.69) is 5.32 Å². The van der Waals surface area contributed by atoms with Gasteiger partial charge in [-0.15, -0.1) is 0 Å². The highest BCUT2D eigenvalue weighted by Gasteiger charge is 2.35. The normalized spacial score (nSPS) is 17.4. The van der Waals surface area contributed by atoms with Gasteiger partial charge in [0.1, 0.15) is 28.8 Å². The van der Waals surface area contributed by atoms with Crippen molar-refractivity contribution in [3.8, 4) is 23.0 Å². The van der Waals surface area contributed by atoms with Crippen LogP contribution in [0.25, 0.3) is 0 Å². The minimum Gasteiger partial charge on any atom is -0.457 e. The van der Waals surface area contributed by atoms with Gasteiger partial charge in [-0.1, -0.05) is 12.1 Å². The summed E-state index contributed by atoms with van der Waals surface area (Å²) >= 11 is 0. The molecule has 0 atom stereocenters. The molecular formula is C28H30F3N5O3. The Morgan fingerprint density at radius 2 is 1.54 bits per heavy atom. The Morgan fingerprint density at radius 1 is 0.897 bits per heavy atom. The number of rotatable bonds is 8. The zero-order valence-electron chi connectivity index (χ0n) is 21.1. The van der Waals surface area contributed by atoms with Crippen LogP contribution in [0.3, 0.4) is 0 Å². The van der Waals surface area contributed by atoms with Crippen LogP contribution >= 0.6 is 0 Å². The van der Waals surface area contributed by atoms with Gasteiger partial charge in [0.05, 0.1) is 5.56 Å². The number of nitrogens with two attached hydrogens (primary N) is 3. The summed E-state index contributed by atoms with van der Waals surface area (Å²) in [6, 6.07) is 14.3. The molecule has 4 rings (SSSR count). The largest absolute Gasteiger partial charge is 0.457 e. The van der Waals surface area contributed by atoms with Crippen molar-refractivity contribution >= 4 is 11.7 Å². The molecule has 1 aliphatic rings. The molecule has 0 bridgehead atoms. The molecule has 1 aliphatic carbocycles. The lowest BCUT2D eigenvalue weighted by atomic mass is 9.91. The molecule has 0 aromatic heterocycles. The third-order valence-corrected chi connectivity index (χ3v) is 6.47. The number of amides is 1. The Kier molecular flexibility index (Phi) is 8.41. The SMILES string of the molecule is N=C(N)c1ccc(Oc2cc(Oc3ccc(CN)cc3)cc(C(=O)NC3CCC(N)CC3)c2)c(C(F)(F)F)c1. The predicted octanol–water partition coefficient (Wildman–Crippen LogP) is 5.03. The zero-order valence-corrected chi connectivity index (χ0v) is 21.1. The number of ether oxygens (including phenoxy) is 2. The van der Waals surface area contributed by atoms with Crippen LogP contribution in [0.1, 0.15) is 52.7 Å². The van der Waals surface area contributed by atoms with Gasteiger partial charge in [0.2, 0.25) is 0 Å². The van der Waals surface area contributed by atoms with E-state index < -0.39 is 29.2 Å². The van der Waals surface area contributed by atoms with Gasteiger partial charge < -0.3 is 32.0 Å². The first-order valence-electron chi connectivity index (χ1n) is 12.4. The lowest BCUT2D eigenvalue weighted by Crippen LogP contribution is -2.40. The molecule has 0 heterocycles. The van der Waals surface area contributed by atoms with Gasteiger partial charge in [-0.25, -0.2) is 0 Å². The first kappa shape index (κ1) is 27.9. The van der Waals surface area contributed by atoms with E-state index in [9.17, 15) is 18.0 Å². The number of carbonyl (C=O) groups excluding carboxylic acids is 1. The Morgan fingerprint density at radius 3 is 2.13 bits per heavy atom. The second kappa shape index (κ2) is 11.7. The van der Waals surface area contributed by atoms with E-state index in [4.69, 9.17) is 32.1 Å². The molecule has 3 aromatic carbocycles. The van der Waals surface area contributed by atoms with E-state index in [-0.39, 0.29) is 34.7 Å². The highest BCUT2D eigenvalue weighted by molar-refractivity contribution is 5.96. The number of hydrogen-bond acceptors (Lipinski definition) is 6. The summed E-state index contributed by atoms with van der Waals surface area (Å²) in [7, 11) is 0. The number of nitrogens with one attached hydrogen (secondary N) is 2. The van der Waals surface area contributed by atoms with E-state index in [1.165, 1.54) is 24.3 Å². The van der Waals surface area contributed by atoms with Gasteiger partial charge >= 0.3 is 6.18 Å². The van der Waals surface area contributed by atoms with Gasteiger partial charge in [0.15, 0.2) is 0 Å². The van der Waals surface area contributed by atoms with Crippen LogP contribution in [0.15, 0.2) is 60.7 Å². The quantitative estimate of drug-likeness (QED) is 0.199. The van der Waals surface area contributed by atoms with E-state index in [0.717, 1.165) is 43.4 Å². The summed E-state index contributed by atoms with van der Waals surface area (Å²) in [5, 5.41) is 10.4. The van der Waals surface area contributed by atoms with Crippen LogP contribution < -0.4 is 32.0 Å². The summed E-state index contributed by atoms with van der Waals surface area (Å²) in [6.07, 6.45) is -1.73. The molecule has 1 fully saturated rings. The number of alkyl halides is 3. The van der Waals surface area contributed by atoms with Crippen molar-refractivity contribution in [2.75, 3.05) is 0 Å². The van der Waals surface area contributed by atoms with Crippen LogP contribution in [-0.2, 0) is 12.7 Å². The molecule has 0 spiro atoms. The molecule has 8 nitrogen and oxygen atoms in total. The minimum atomic E-state index is -4.78. The van der Waals surface area contributed by atoms with Crippen LogP contribution in [0.4, 0.5) is 13.2 Å². The fourth-order valence-electron chi connectivity index (χ4n) is 4.32. The van der Waals surface area contributed by atoms with E-state index in [1.807, 2.05) is 0 Å². The maximum atomic E-state index is 13.8. The molecule has 1 amide bonds. The van der Waals surface area contributed by atoms with Crippen LogP contribution in [0.5, 0.6) is 23.0 Å². The van der Waals surface area contributed by atoms with E-state index in [1.54, 1.807) is 24.3 Å². The van der Waals surface area contributed by atoms with Gasteiger partial charge in [-0.2, -0.15) is 13.2 Å². The predicted molar refractivity (Wildman–Crippen MR) is 141 cm³/mol. The first-order valence-corrected chi connectivity index (χ1v) is 12.4. The van der Waals surface area contributed by atoms with Crippen LogP contribution in [0.2, 0.25) is 0 Å². The summed E-state index contributed by atoms with van der Waals surface area (Å²) in [4.78, 5) is 13.1. The topological polar surface area (TPSA) is 149 Å². The molecule has 206 valence electrons. The fraction of sp³-hybridized carbons (Fsp3) is 0.286. The second-order valence-electron chi connectivity index (χ2n) is 9.45. The standard InChI is InChI=1S/C28H30F3N5O3/c29-28(30,31)24-13-17(26(34)35)3-10-25(24)39-23-12-18(27(37)36-20-6-4-19(33)5-7-20)11-22(14-23)38-21-8-1-16(15-32)2-9-21/h1-3,8-14,19-20H,4-7,15,32-33H2,(H3,34,35)(H,36,37). The minimum absolute atomic E-state index is 0.0389. The van der Waals surface area contributed by atoms with Crippen molar-refractivity contribution < 1.29 is 27.4 Å². The molecule has 0 unspecified atom stereocenters. The lowest BCUT2D eigenvalue weighted by Gasteiger charge is -2.27. The maximum absolute atomic E-state index is 13.8. The van der Waals surface area contributed by atoms with Crippen LogP contribution in [-0.4, -0.2) is 23.8 Å². The first-order chi connectivity index (χ1) is 18.5. The summed E-state index contributed by atoms with van der Waals surface area (Å²) in [6.45, 7) is 0.351. The molecule has 8 N–H and O–H groups in total. The summed E-state index contributed by atoms with van der Waals surface area (Å²) in [5.74, 6) is -0.831. The molecule has 0 aliphatic heterocycles. The average Bonchev–Trinajstić information content (AvgIpc) is 2.89. The number of amidine groups is 1. The number of hydrogen-bond donors (Lipinski definition) is 5. The third-order valence-electron chi connectivity index (χ3n) is 6.47. The number of carbonyl (C=O) groups is 1. The molecule has 11 heteroatoms. The highest BCUT2D eigenvalue weighted by atomic mass is 19.4. The van der Waals surface area contributed by atoms with Gasteiger partial charge in [0.25, 0.3) is 5.91 Å². The molecule has 3 aromatic rings. The second-order valence-corrected chi connectivity index (χ2v) is 9.45. The monoisotopic (exact) mass is 541 g/mol. The van der Waals surface area contributed by atoms with Crippen molar-refractivity contribution in [3.05, 3.63) is 82.9 Å². The van der Waals surface area contributed by atoms with Crippen molar-refractivity contribution in [1.29, 1.82) is 5.41 Å². The lowest BCUT2D eigenvalue weighted by molar-refractivity contribution is -0.138. The zero-order chi connectivity index (χ0) is 28.2. The average molecular weight is 542 g/mol. The summed E-state index contributed by atoms with van der Waals surface area (Å²) < 4.78 is 53.0. The van der Waals surface area contributed by atoms with Crippen molar-refractivity contribution in [2.45, 2.75) is 50.5 Å². The number of nitrogen functional groups attached to an aromatic ring is 1. The highest BCUT2D eigenvalue weighted by Crippen LogP contribution is 2.40. The molecular weight excluding hydrogens is 511 g/mol. The van der Waals surface area contributed by atoms with Gasteiger partial charge in [-0.3, -0.25) is 10.2 Å². The molecule has 0 saturated heterocycles. The van der Waals surface area contributed by atoms with Gasteiger partial charge in [-0.05, 0) is 73.7 Å². The molecule has 0 radical (unpaired) electrons. The smallest absolute Gasteiger partial charge is 0.420 e. The Bertz CT molecular complexity index is 1340. The number of benzene rings is 3. The van der Waals surface area contributed by atoms with Crippen molar-refractivity contribution in [1.82, 2.24) is 5.32 Å². The summed E-state index contributed by atoms with van der Waals surface area (Å²) in [5.41, 5.74) is 16.8. The van der Waals surface area contributed by atoms with Gasteiger partial charge in [0, 0.05) is 35.8 Å². The van der Waals surface area contributed by atoms with Crippen molar-refractivity contribution in [2.24, 2.45) is 17.2 Å².